The number of unbranched alkanes of at least 4 members (excludes halogenated alkanes) is 1. The van der Waals surface area contributed by atoms with E-state index in [1.165, 1.54) is 18.7 Å². The first kappa shape index (κ1) is 21.6. The highest BCUT2D eigenvalue weighted by molar-refractivity contribution is 8.00. The normalized spacial score (nSPS) is 11.8. The number of aromatic amines is 1. The Bertz CT molecular complexity index is 1080. The Morgan fingerprint density at radius 1 is 1.17 bits per heavy atom. The number of anilines is 1. The molecule has 3 aromatic rings. The zero-order valence-electron chi connectivity index (χ0n) is 16.9. The number of carbonyl (C=O) groups is 2. The molecular weight excluding hydrogens is 400 g/mol. The number of rotatable bonds is 9. The van der Waals surface area contributed by atoms with Gasteiger partial charge >= 0.3 is 5.69 Å². The van der Waals surface area contributed by atoms with E-state index in [1.54, 1.807) is 28.8 Å². The van der Waals surface area contributed by atoms with Crippen molar-refractivity contribution in [1.29, 1.82) is 0 Å². The van der Waals surface area contributed by atoms with E-state index in [4.69, 9.17) is 0 Å². The number of H-pyrrole nitrogens is 1. The highest BCUT2D eigenvalue weighted by Gasteiger charge is 2.25. The first-order valence-electron chi connectivity index (χ1n) is 9.78. The second-order valence-corrected chi connectivity index (χ2v) is 7.92. The molecule has 1 amide bonds. The standard InChI is InChI=1S/C22H24N4O3S/c1-3-4-13-26-21(29)24-25-22(26)30-19(16-9-6-5-7-10-16)20(28)23-18-12-8-11-17(14-18)15(2)27/h5-12,14,19H,3-4,13H2,1-2H3,(H,23,28)(H,24,29)/t19-/m0/s1. The number of benzene rings is 2. The summed E-state index contributed by atoms with van der Waals surface area (Å²) < 4.78 is 1.56. The fourth-order valence-corrected chi connectivity index (χ4v) is 4.01. The number of hydrogen-bond donors (Lipinski definition) is 2. The number of amides is 1. The van der Waals surface area contributed by atoms with Gasteiger partial charge in [0.1, 0.15) is 5.25 Å². The number of Topliss-reactive ketones (excluding diaryl/α,β-unsaturated/α-hetero) is 1. The Kier molecular flexibility index (Phi) is 7.24. The van der Waals surface area contributed by atoms with Crippen LogP contribution in [-0.2, 0) is 11.3 Å². The molecule has 0 bridgehead atoms. The van der Waals surface area contributed by atoms with E-state index in [0.717, 1.165) is 18.4 Å². The third kappa shape index (κ3) is 5.27. The Hall–Kier alpha value is -3.13. The van der Waals surface area contributed by atoms with E-state index < -0.39 is 5.25 Å². The fourth-order valence-electron chi connectivity index (χ4n) is 2.94. The lowest BCUT2D eigenvalue weighted by molar-refractivity contribution is -0.115. The van der Waals surface area contributed by atoms with Crippen LogP contribution in [0.4, 0.5) is 5.69 Å². The van der Waals surface area contributed by atoms with Gasteiger partial charge in [-0.25, -0.2) is 9.89 Å². The van der Waals surface area contributed by atoms with Gasteiger partial charge in [-0.05, 0) is 31.0 Å². The van der Waals surface area contributed by atoms with Crippen molar-refractivity contribution in [3.8, 4) is 0 Å². The SMILES string of the molecule is CCCCn1c(S[C@H](C(=O)Nc2cccc(C(C)=O)c2)c2ccccc2)n[nH]c1=O. The van der Waals surface area contributed by atoms with Crippen LogP contribution in [0.1, 0.15) is 47.9 Å². The average molecular weight is 425 g/mol. The first-order chi connectivity index (χ1) is 14.5. The Morgan fingerprint density at radius 3 is 2.63 bits per heavy atom. The van der Waals surface area contributed by atoms with Crippen molar-refractivity contribution >= 4 is 29.1 Å². The number of ketones is 1. The van der Waals surface area contributed by atoms with Crippen molar-refractivity contribution in [1.82, 2.24) is 14.8 Å². The van der Waals surface area contributed by atoms with Gasteiger partial charge in [0.15, 0.2) is 10.9 Å². The number of nitrogens with one attached hydrogen (secondary N) is 2. The molecule has 156 valence electrons. The number of hydrogen-bond acceptors (Lipinski definition) is 5. The zero-order valence-corrected chi connectivity index (χ0v) is 17.7. The molecule has 0 spiro atoms. The molecule has 0 radical (unpaired) electrons. The Balaban J connectivity index is 1.89. The lowest BCUT2D eigenvalue weighted by atomic mass is 10.1. The summed E-state index contributed by atoms with van der Waals surface area (Å²) in [5.74, 6) is -0.332. The van der Waals surface area contributed by atoms with Crippen LogP contribution in [0.3, 0.4) is 0 Å². The van der Waals surface area contributed by atoms with Gasteiger partial charge in [-0.2, -0.15) is 0 Å². The second-order valence-electron chi connectivity index (χ2n) is 6.85. The van der Waals surface area contributed by atoms with E-state index in [-0.39, 0.29) is 17.4 Å². The smallest absolute Gasteiger partial charge is 0.325 e. The van der Waals surface area contributed by atoms with E-state index >= 15 is 0 Å². The monoisotopic (exact) mass is 424 g/mol. The average Bonchev–Trinajstić information content (AvgIpc) is 3.10. The minimum atomic E-state index is -0.622. The van der Waals surface area contributed by atoms with Crippen LogP contribution >= 0.6 is 11.8 Å². The number of aromatic nitrogens is 3. The van der Waals surface area contributed by atoms with Gasteiger partial charge in [-0.1, -0.05) is 67.6 Å². The Morgan fingerprint density at radius 2 is 1.93 bits per heavy atom. The van der Waals surface area contributed by atoms with Gasteiger partial charge in [-0.15, -0.1) is 5.10 Å². The molecule has 1 atom stereocenters. The minimum Gasteiger partial charge on any atom is -0.325 e. The van der Waals surface area contributed by atoms with Crippen molar-refractivity contribution in [3.05, 3.63) is 76.2 Å². The third-order valence-corrected chi connectivity index (χ3v) is 5.80. The van der Waals surface area contributed by atoms with Crippen LogP contribution in [0.15, 0.2) is 64.5 Å². The maximum absolute atomic E-state index is 13.2. The largest absolute Gasteiger partial charge is 0.343 e. The van der Waals surface area contributed by atoms with Gasteiger partial charge < -0.3 is 5.32 Å². The molecule has 2 N–H and O–H groups in total. The fraction of sp³-hybridized carbons (Fsp3) is 0.273. The van der Waals surface area contributed by atoms with Gasteiger partial charge in [-0.3, -0.25) is 14.2 Å². The van der Waals surface area contributed by atoms with Crippen molar-refractivity contribution in [3.63, 3.8) is 0 Å². The van der Waals surface area contributed by atoms with Gasteiger partial charge in [0.25, 0.3) is 0 Å². The highest BCUT2D eigenvalue weighted by Crippen LogP contribution is 2.35. The van der Waals surface area contributed by atoms with E-state index in [9.17, 15) is 14.4 Å². The highest BCUT2D eigenvalue weighted by atomic mass is 32.2. The third-order valence-electron chi connectivity index (χ3n) is 4.56. The molecule has 3 rings (SSSR count). The summed E-state index contributed by atoms with van der Waals surface area (Å²) in [5.41, 5.74) is 1.57. The Labute approximate surface area is 178 Å². The second kappa shape index (κ2) is 10.1. The molecule has 1 aromatic heterocycles. The van der Waals surface area contributed by atoms with Crippen molar-refractivity contribution in [2.75, 3.05) is 5.32 Å². The molecular formula is C22H24N4O3S. The van der Waals surface area contributed by atoms with E-state index in [2.05, 4.69) is 15.5 Å². The van der Waals surface area contributed by atoms with Gasteiger partial charge in [0.05, 0.1) is 0 Å². The van der Waals surface area contributed by atoms with Crippen LogP contribution in [-0.4, -0.2) is 26.5 Å². The van der Waals surface area contributed by atoms with Crippen LogP contribution in [0.5, 0.6) is 0 Å². The van der Waals surface area contributed by atoms with Crippen LogP contribution < -0.4 is 11.0 Å². The summed E-state index contributed by atoms with van der Waals surface area (Å²) in [7, 11) is 0. The molecule has 7 nitrogen and oxygen atoms in total. The molecule has 2 aromatic carbocycles. The molecule has 0 aliphatic carbocycles. The first-order valence-corrected chi connectivity index (χ1v) is 10.7. The molecule has 0 aliphatic rings. The summed E-state index contributed by atoms with van der Waals surface area (Å²) in [4.78, 5) is 37.0. The molecule has 0 saturated heterocycles. The lowest BCUT2D eigenvalue weighted by Crippen LogP contribution is -2.21. The van der Waals surface area contributed by atoms with Crippen molar-refractivity contribution in [2.45, 2.75) is 43.6 Å². The lowest BCUT2D eigenvalue weighted by Gasteiger charge is -2.17. The van der Waals surface area contributed by atoms with Crippen molar-refractivity contribution in [2.24, 2.45) is 0 Å². The summed E-state index contributed by atoms with van der Waals surface area (Å²) >= 11 is 1.22. The van der Waals surface area contributed by atoms with Gasteiger partial charge in [0.2, 0.25) is 5.91 Å². The van der Waals surface area contributed by atoms with Crippen LogP contribution in [0.2, 0.25) is 0 Å². The number of carbonyl (C=O) groups excluding carboxylic acids is 2. The van der Waals surface area contributed by atoms with Crippen LogP contribution in [0, 0.1) is 0 Å². The predicted molar refractivity (Wildman–Crippen MR) is 118 cm³/mol. The molecule has 0 aliphatic heterocycles. The van der Waals surface area contributed by atoms with Gasteiger partial charge in [0, 0.05) is 17.8 Å². The summed E-state index contributed by atoms with van der Waals surface area (Å²) in [6, 6.07) is 16.2. The quantitative estimate of drug-likeness (QED) is 0.399. The summed E-state index contributed by atoms with van der Waals surface area (Å²) in [5, 5.41) is 9.34. The summed E-state index contributed by atoms with van der Waals surface area (Å²) in [6.07, 6.45) is 1.78. The summed E-state index contributed by atoms with van der Waals surface area (Å²) in [6.45, 7) is 4.07. The minimum absolute atomic E-state index is 0.0726. The van der Waals surface area contributed by atoms with E-state index in [0.29, 0.717) is 23.0 Å². The van der Waals surface area contributed by atoms with Crippen molar-refractivity contribution < 1.29 is 9.59 Å². The maximum Gasteiger partial charge on any atom is 0.343 e. The molecule has 0 saturated carbocycles. The number of nitrogens with zero attached hydrogens (tertiary/aromatic N) is 2. The van der Waals surface area contributed by atoms with E-state index in [1.807, 2.05) is 37.3 Å². The topological polar surface area (TPSA) is 96.8 Å². The molecule has 0 unspecified atom stereocenters. The molecule has 1 heterocycles. The van der Waals surface area contributed by atoms with Crippen LogP contribution in [0.25, 0.3) is 0 Å². The predicted octanol–water partition coefficient (Wildman–Crippen LogP) is 4.05. The maximum atomic E-state index is 13.2. The molecule has 8 heteroatoms. The zero-order chi connectivity index (χ0) is 21.5. The number of thioether (sulfide) groups is 1. The molecule has 30 heavy (non-hydrogen) atoms. The molecule has 0 fully saturated rings.